The van der Waals surface area contributed by atoms with Crippen LogP contribution in [0.5, 0.6) is 0 Å². The minimum atomic E-state index is -0.323. The average molecular weight is 381 g/mol. The lowest BCUT2D eigenvalue weighted by Crippen LogP contribution is -2.42. The molecule has 0 amide bonds. The quantitative estimate of drug-likeness (QED) is 0.543. The minimum absolute atomic E-state index is 0.138. The topological polar surface area (TPSA) is 64.8 Å². The SMILES string of the molecule is CCOC(=O)CC(C)c1cc(N)c(N(CC(C)C)C2CCOCC2)cc1F. The molecule has 1 atom stereocenters. The van der Waals surface area contributed by atoms with Crippen molar-refractivity contribution in [3.05, 3.63) is 23.5 Å². The highest BCUT2D eigenvalue weighted by molar-refractivity contribution is 5.72. The fraction of sp³-hybridized carbons (Fsp3) is 0.667. The Morgan fingerprint density at radius 2 is 2.00 bits per heavy atom. The molecule has 0 aromatic heterocycles. The number of nitrogens with zero attached hydrogens (tertiary/aromatic N) is 1. The van der Waals surface area contributed by atoms with Crippen molar-refractivity contribution < 1.29 is 18.7 Å². The molecule has 0 radical (unpaired) electrons. The van der Waals surface area contributed by atoms with Gasteiger partial charge in [0.15, 0.2) is 0 Å². The second kappa shape index (κ2) is 9.93. The number of nitrogens with two attached hydrogens (primary N) is 1. The van der Waals surface area contributed by atoms with E-state index in [4.69, 9.17) is 15.2 Å². The molecule has 1 aromatic rings. The number of anilines is 2. The maximum atomic E-state index is 14.9. The molecule has 152 valence electrons. The molecule has 1 fully saturated rings. The third-order valence-electron chi connectivity index (χ3n) is 4.96. The van der Waals surface area contributed by atoms with Gasteiger partial charge in [-0.1, -0.05) is 20.8 Å². The molecule has 0 spiro atoms. The van der Waals surface area contributed by atoms with Crippen molar-refractivity contribution in [3.63, 3.8) is 0 Å². The van der Waals surface area contributed by atoms with E-state index in [0.29, 0.717) is 29.8 Å². The van der Waals surface area contributed by atoms with E-state index in [-0.39, 0.29) is 24.1 Å². The summed E-state index contributed by atoms with van der Waals surface area (Å²) in [6, 6.07) is 3.51. The highest BCUT2D eigenvalue weighted by atomic mass is 19.1. The van der Waals surface area contributed by atoms with E-state index in [1.54, 1.807) is 13.0 Å². The summed E-state index contributed by atoms with van der Waals surface area (Å²) >= 11 is 0. The Kier molecular flexibility index (Phi) is 7.90. The van der Waals surface area contributed by atoms with Crippen LogP contribution in [0.1, 0.15) is 58.4 Å². The van der Waals surface area contributed by atoms with E-state index in [2.05, 4.69) is 18.7 Å². The molecule has 27 heavy (non-hydrogen) atoms. The molecule has 1 saturated heterocycles. The zero-order chi connectivity index (χ0) is 20.0. The molecular formula is C21H33FN2O3. The Bertz CT molecular complexity index is 630. The molecule has 1 aliphatic heterocycles. The fourth-order valence-corrected chi connectivity index (χ4v) is 3.64. The summed E-state index contributed by atoms with van der Waals surface area (Å²) in [5.41, 5.74) is 8.09. The first-order valence-corrected chi connectivity index (χ1v) is 9.92. The predicted octanol–water partition coefficient (Wildman–Crippen LogP) is 4.11. The molecule has 0 bridgehead atoms. The highest BCUT2D eigenvalue weighted by Crippen LogP contribution is 2.34. The van der Waals surface area contributed by atoms with E-state index < -0.39 is 0 Å². The predicted molar refractivity (Wildman–Crippen MR) is 107 cm³/mol. The van der Waals surface area contributed by atoms with Crippen LogP contribution in [0.15, 0.2) is 12.1 Å². The molecule has 0 aliphatic carbocycles. The van der Waals surface area contributed by atoms with Crippen LogP contribution in [0.25, 0.3) is 0 Å². The molecule has 6 heteroatoms. The number of ether oxygens (including phenoxy) is 2. The summed E-state index contributed by atoms with van der Waals surface area (Å²) in [5, 5.41) is 0. The Morgan fingerprint density at radius 1 is 1.33 bits per heavy atom. The van der Waals surface area contributed by atoms with Gasteiger partial charge in [-0.2, -0.15) is 0 Å². The van der Waals surface area contributed by atoms with Crippen LogP contribution in [-0.4, -0.2) is 38.4 Å². The van der Waals surface area contributed by atoms with Crippen molar-refractivity contribution in [2.24, 2.45) is 5.92 Å². The van der Waals surface area contributed by atoms with Gasteiger partial charge in [-0.15, -0.1) is 0 Å². The Labute approximate surface area is 162 Å². The first kappa shape index (κ1) is 21.5. The van der Waals surface area contributed by atoms with Gasteiger partial charge in [-0.25, -0.2) is 4.39 Å². The van der Waals surface area contributed by atoms with Crippen LogP contribution < -0.4 is 10.6 Å². The molecule has 5 nitrogen and oxygen atoms in total. The molecule has 1 aliphatic rings. The lowest BCUT2D eigenvalue weighted by atomic mass is 9.95. The highest BCUT2D eigenvalue weighted by Gasteiger charge is 2.26. The largest absolute Gasteiger partial charge is 0.466 e. The molecular weight excluding hydrogens is 347 g/mol. The third kappa shape index (κ3) is 5.83. The van der Waals surface area contributed by atoms with E-state index >= 15 is 0 Å². The zero-order valence-electron chi connectivity index (χ0n) is 17.0. The van der Waals surface area contributed by atoms with Crippen LogP contribution in [0.3, 0.4) is 0 Å². The molecule has 2 rings (SSSR count). The van der Waals surface area contributed by atoms with Crippen molar-refractivity contribution in [2.75, 3.05) is 37.0 Å². The van der Waals surface area contributed by atoms with E-state index in [9.17, 15) is 9.18 Å². The third-order valence-corrected chi connectivity index (χ3v) is 4.96. The van der Waals surface area contributed by atoms with Gasteiger partial charge in [0, 0.05) is 25.8 Å². The monoisotopic (exact) mass is 380 g/mol. The van der Waals surface area contributed by atoms with Crippen LogP contribution in [-0.2, 0) is 14.3 Å². The second-order valence-electron chi connectivity index (χ2n) is 7.73. The van der Waals surface area contributed by atoms with Crippen molar-refractivity contribution >= 4 is 17.3 Å². The maximum Gasteiger partial charge on any atom is 0.306 e. The number of hydrogen-bond acceptors (Lipinski definition) is 5. The standard InChI is InChI=1S/C21H33FN2O3/c1-5-27-21(25)10-15(4)17-11-19(23)20(12-18(17)22)24(13-14(2)3)16-6-8-26-9-7-16/h11-12,14-16H,5-10,13,23H2,1-4H3. The number of nitrogen functional groups attached to an aromatic ring is 1. The first-order valence-electron chi connectivity index (χ1n) is 9.92. The summed E-state index contributed by atoms with van der Waals surface area (Å²) in [6.07, 6.45) is 1.96. The van der Waals surface area contributed by atoms with Gasteiger partial charge in [0.05, 0.1) is 24.4 Å². The summed E-state index contributed by atoms with van der Waals surface area (Å²) in [5.74, 6) is -0.507. The number of esters is 1. The van der Waals surface area contributed by atoms with Crippen molar-refractivity contribution in [3.8, 4) is 0 Å². The smallest absolute Gasteiger partial charge is 0.306 e. The van der Waals surface area contributed by atoms with E-state index in [1.165, 1.54) is 6.07 Å². The molecule has 2 N–H and O–H groups in total. The molecule has 1 unspecified atom stereocenters. The summed E-state index contributed by atoms with van der Waals surface area (Å²) < 4.78 is 25.4. The van der Waals surface area contributed by atoms with Gasteiger partial charge >= 0.3 is 5.97 Å². The number of halogens is 1. The van der Waals surface area contributed by atoms with Crippen molar-refractivity contribution in [1.29, 1.82) is 0 Å². The van der Waals surface area contributed by atoms with Crippen molar-refractivity contribution in [2.45, 2.75) is 58.9 Å². The minimum Gasteiger partial charge on any atom is -0.466 e. The van der Waals surface area contributed by atoms with E-state index in [0.717, 1.165) is 38.3 Å². The van der Waals surface area contributed by atoms with Gasteiger partial charge in [0.1, 0.15) is 5.82 Å². The number of benzene rings is 1. The molecule has 0 saturated carbocycles. The lowest BCUT2D eigenvalue weighted by molar-refractivity contribution is -0.143. The molecule has 1 heterocycles. The average Bonchev–Trinajstić information content (AvgIpc) is 2.62. The normalized spacial score (nSPS) is 16.4. The van der Waals surface area contributed by atoms with Crippen LogP contribution in [0, 0.1) is 11.7 Å². The summed E-state index contributed by atoms with van der Waals surface area (Å²) in [6.45, 7) is 10.4. The van der Waals surface area contributed by atoms with Gasteiger partial charge < -0.3 is 20.1 Å². The number of rotatable bonds is 8. The summed E-state index contributed by atoms with van der Waals surface area (Å²) in [7, 11) is 0. The zero-order valence-corrected chi connectivity index (χ0v) is 17.0. The van der Waals surface area contributed by atoms with Gasteiger partial charge in [0.2, 0.25) is 0 Å². The maximum absolute atomic E-state index is 14.9. The first-order chi connectivity index (χ1) is 12.8. The van der Waals surface area contributed by atoms with Crippen LogP contribution >= 0.6 is 0 Å². The second-order valence-corrected chi connectivity index (χ2v) is 7.73. The summed E-state index contributed by atoms with van der Waals surface area (Å²) in [4.78, 5) is 14.0. The van der Waals surface area contributed by atoms with E-state index in [1.807, 2.05) is 6.92 Å². The van der Waals surface area contributed by atoms with Gasteiger partial charge in [0.25, 0.3) is 0 Å². The van der Waals surface area contributed by atoms with Gasteiger partial charge in [-0.05, 0) is 49.3 Å². The Hall–Kier alpha value is -1.82. The van der Waals surface area contributed by atoms with Gasteiger partial charge in [-0.3, -0.25) is 4.79 Å². The Morgan fingerprint density at radius 3 is 2.59 bits per heavy atom. The number of hydrogen-bond donors (Lipinski definition) is 1. The number of carbonyl (C=O) groups is 1. The van der Waals surface area contributed by atoms with Crippen LogP contribution in [0.4, 0.5) is 15.8 Å². The lowest BCUT2D eigenvalue weighted by Gasteiger charge is -2.38. The Balaban J connectivity index is 2.27. The van der Waals surface area contributed by atoms with Crippen LogP contribution in [0.2, 0.25) is 0 Å². The molecule has 1 aromatic carbocycles. The fourth-order valence-electron chi connectivity index (χ4n) is 3.64. The number of carbonyl (C=O) groups excluding carboxylic acids is 1. The van der Waals surface area contributed by atoms with Crippen molar-refractivity contribution in [1.82, 2.24) is 0 Å².